The summed E-state index contributed by atoms with van der Waals surface area (Å²) >= 11 is 1.22. The molecule has 1 N–H and O–H groups in total. The topological polar surface area (TPSA) is 94.6 Å². The number of aromatic hydroxyl groups is 1. The number of para-hydroxylation sites is 1. The summed E-state index contributed by atoms with van der Waals surface area (Å²) < 4.78 is 36.0. The molecule has 3 aromatic carbocycles. The van der Waals surface area contributed by atoms with E-state index in [4.69, 9.17) is 4.42 Å². The van der Waals surface area contributed by atoms with Crippen molar-refractivity contribution in [3.05, 3.63) is 99.1 Å². The predicted octanol–water partition coefficient (Wildman–Crippen LogP) is 5.09. The van der Waals surface area contributed by atoms with Crippen LogP contribution in [0.2, 0.25) is 0 Å². The van der Waals surface area contributed by atoms with Crippen molar-refractivity contribution in [2.75, 3.05) is 0 Å². The first-order valence-corrected chi connectivity index (χ1v) is 11.3. The second-order valence-corrected chi connectivity index (χ2v) is 8.43. The summed E-state index contributed by atoms with van der Waals surface area (Å²) in [5, 5.41) is 11.1. The predicted molar refractivity (Wildman–Crippen MR) is 128 cm³/mol. The molecule has 0 radical (unpaired) electrons. The van der Waals surface area contributed by atoms with Crippen molar-refractivity contribution in [1.29, 1.82) is 0 Å². The molecule has 0 unspecified atom stereocenters. The molecule has 0 bridgehead atoms. The van der Waals surface area contributed by atoms with Crippen LogP contribution in [0.25, 0.3) is 27.6 Å². The van der Waals surface area contributed by atoms with Crippen LogP contribution in [0.3, 0.4) is 0 Å². The number of halogens is 2. The number of hydrogen-bond acceptors (Lipinski definition) is 7. The number of fused-ring (bicyclic) bond motifs is 2. The lowest BCUT2D eigenvalue weighted by molar-refractivity contribution is -0.0498. The van der Waals surface area contributed by atoms with Crippen LogP contribution in [0.15, 0.2) is 92.0 Å². The van der Waals surface area contributed by atoms with E-state index in [0.29, 0.717) is 32.7 Å². The smallest absolute Gasteiger partial charge is 0.387 e. The van der Waals surface area contributed by atoms with Gasteiger partial charge < -0.3 is 14.3 Å². The van der Waals surface area contributed by atoms with Crippen molar-refractivity contribution >= 4 is 33.6 Å². The maximum Gasteiger partial charge on any atom is 0.387 e. The van der Waals surface area contributed by atoms with Crippen LogP contribution >= 0.6 is 11.8 Å². The molecule has 0 saturated heterocycles. The van der Waals surface area contributed by atoms with Gasteiger partial charge in [-0.2, -0.15) is 8.78 Å². The number of alkyl halides is 2. The standard InChI is InChI=1S/C25H16F2N2O5S/c26-24(27)33-17-8-5-15(6-9-17)29-23(32)19-3-1-2-4-20(19)28-25(29)35-13-14-11-22(31)34-21-12-16(30)7-10-18(14)21/h1-12,24,30H,13H2. The molecular formula is C25H16F2N2O5S. The highest BCUT2D eigenvalue weighted by Gasteiger charge is 2.15. The third-order valence-corrected chi connectivity index (χ3v) is 6.22. The molecule has 0 fully saturated rings. The van der Waals surface area contributed by atoms with Crippen LogP contribution in [-0.2, 0) is 5.75 Å². The molecule has 5 rings (SSSR count). The number of aromatic nitrogens is 2. The molecule has 0 amide bonds. The van der Waals surface area contributed by atoms with Crippen LogP contribution in [0.1, 0.15) is 5.56 Å². The van der Waals surface area contributed by atoms with E-state index in [-0.39, 0.29) is 28.4 Å². The first kappa shape index (κ1) is 22.6. The van der Waals surface area contributed by atoms with Crippen LogP contribution in [-0.4, -0.2) is 21.3 Å². The molecule has 5 aromatic rings. The Balaban J connectivity index is 1.59. The van der Waals surface area contributed by atoms with Crippen LogP contribution < -0.4 is 15.9 Å². The van der Waals surface area contributed by atoms with Gasteiger partial charge in [-0.3, -0.25) is 9.36 Å². The van der Waals surface area contributed by atoms with Crippen molar-refractivity contribution in [3.8, 4) is 17.2 Å². The monoisotopic (exact) mass is 494 g/mol. The molecule has 0 aliphatic heterocycles. The maximum absolute atomic E-state index is 13.4. The normalized spacial score (nSPS) is 11.4. The fourth-order valence-electron chi connectivity index (χ4n) is 3.69. The molecule has 0 aliphatic rings. The van der Waals surface area contributed by atoms with E-state index >= 15 is 0 Å². The van der Waals surface area contributed by atoms with E-state index in [1.54, 1.807) is 30.3 Å². The van der Waals surface area contributed by atoms with Crippen molar-refractivity contribution in [3.63, 3.8) is 0 Å². The Morgan fingerprint density at radius 3 is 2.54 bits per heavy atom. The van der Waals surface area contributed by atoms with E-state index in [0.717, 1.165) is 0 Å². The molecule has 0 aliphatic carbocycles. The SMILES string of the molecule is O=c1cc(CSc2nc3ccccc3c(=O)n2-c2ccc(OC(F)F)cc2)c2ccc(O)cc2o1. The number of phenolic OH excluding ortho intramolecular Hbond substituents is 1. The summed E-state index contributed by atoms with van der Waals surface area (Å²) in [4.78, 5) is 30.1. The van der Waals surface area contributed by atoms with Crippen molar-refractivity contribution in [2.24, 2.45) is 0 Å². The Labute approximate surface area is 200 Å². The summed E-state index contributed by atoms with van der Waals surface area (Å²) in [7, 11) is 0. The molecular weight excluding hydrogens is 478 g/mol. The largest absolute Gasteiger partial charge is 0.508 e. The van der Waals surface area contributed by atoms with Gasteiger partial charge in [0, 0.05) is 23.3 Å². The number of hydrogen-bond donors (Lipinski definition) is 1. The summed E-state index contributed by atoms with van der Waals surface area (Å²) in [6.45, 7) is -2.96. The lowest BCUT2D eigenvalue weighted by atomic mass is 10.1. The van der Waals surface area contributed by atoms with Gasteiger partial charge in [0.2, 0.25) is 0 Å². The van der Waals surface area contributed by atoms with Crippen LogP contribution in [0.5, 0.6) is 11.5 Å². The van der Waals surface area contributed by atoms with Gasteiger partial charge in [-0.15, -0.1) is 0 Å². The molecule has 10 heteroatoms. The Bertz CT molecular complexity index is 1670. The van der Waals surface area contributed by atoms with Gasteiger partial charge >= 0.3 is 12.2 Å². The van der Waals surface area contributed by atoms with Crippen molar-refractivity contribution < 1.29 is 23.0 Å². The number of thioether (sulfide) groups is 1. The number of nitrogens with zero attached hydrogens (tertiary/aromatic N) is 2. The highest BCUT2D eigenvalue weighted by atomic mass is 32.2. The third-order valence-electron chi connectivity index (χ3n) is 5.24. The quantitative estimate of drug-likeness (QED) is 0.200. The molecule has 7 nitrogen and oxygen atoms in total. The van der Waals surface area contributed by atoms with E-state index in [1.165, 1.54) is 58.8 Å². The number of benzene rings is 3. The highest BCUT2D eigenvalue weighted by molar-refractivity contribution is 7.98. The number of ether oxygens (including phenoxy) is 1. The summed E-state index contributed by atoms with van der Waals surface area (Å²) in [5.41, 5.74) is 0.888. The van der Waals surface area contributed by atoms with Gasteiger partial charge in [0.25, 0.3) is 5.56 Å². The van der Waals surface area contributed by atoms with Gasteiger partial charge in [0.1, 0.15) is 17.1 Å². The summed E-state index contributed by atoms with van der Waals surface area (Å²) in [5.74, 6) is 0.199. The van der Waals surface area contributed by atoms with Gasteiger partial charge in [-0.1, -0.05) is 23.9 Å². The number of phenols is 1. The molecule has 176 valence electrons. The second kappa shape index (κ2) is 9.22. The minimum atomic E-state index is -2.96. The fourth-order valence-corrected chi connectivity index (χ4v) is 4.70. The fraction of sp³-hybridized carbons (Fsp3) is 0.0800. The molecule has 0 saturated carbocycles. The van der Waals surface area contributed by atoms with Gasteiger partial charge in [0.15, 0.2) is 5.16 Å². The average Bonchev–Trinajstić information content (AvgIpc) is 2.82. The molecule has 0 atom stereocenters. The highest BCUT2D eigenvalue weighted by Crippen LogP contribution is 2.29. The zero-order chi connectivity index (χ0) is 24.5. The lowest BCUT2D eigenvalue weighted by Gasteiger charge is -2.14. The first-order chi connectivity index (χ1) is 16.9. The van der Waals surface area contributed by atoms with Gasteiger partial charge in [-0.25, -0.2) is 9.78 Å². The molecule has 2 heterocycles. The minimum absolute atomic E-state index is 0.0326. The molecule has 2 aromatic heterocycles. The van der Waals surface area contributed by atoms with E-state index in [9.17, 15) is 23.5 Å². The Kier molecular flexibility index (Phi) is 5.96. The Hall–Kier alpha value is -4.18. The Morgan fingerprint density at radius 1 is 1.00 bits per heavy atom. The Morgan fingerprint density at radius 2 is 1.77 bits per heavy atom. The molecule has 0 spiro atoms. The maximum atomic E-state index is 13.4. The minimum Gasteiger partial charge on any atom is -0.508 e. The van der Waals surface area contributed by atoms with Crippen LogP contribution in [0.4, 0.5) is 8.78 Å². The van der Waals surface area contributed by atoms with Crippen molar-refractivity contribution in [1.82, 2.24) is 9.55 Å². The first-order valence-electron chi connectivity index (χ1n) is 10.3. The third kappa shape index (κ3) is 4.60. The lowest BCUT2D eigenvalue weighted by Crippen LogP contribution is -2.21. The summed E-state index contributed by atoms with van der Waals surface area (Å²) in [6, 6.07) is 18.4. The molecule has 35 heavy (non-hydrogen) atoms. The average molecular weight is 494 g/mol. The van der Waals surface area contributed by atoms with Gasteiger partial charge in [0.05, 0.1) is 16.6 Å². The van der Waals surface area contributed by atoms with E-state index in [1.807, 2.05) is 0 Å². The zero-order valence-electron chi connectivity index (χ0n) is 17.9. The van der Waals surface area contributed by atoms with E-state index < -0.39 is 12.2 Å². The number of rotatable bonds is 6. The van der Waals surface area contributed by atoms with E-state index in [2.05, 4.69) is 9.72 Å². The summed E-state index contributed by atoms with van der Waals surface area (Å²) in [6.07, 6.45) is 0. The van der Waals surface area contributed by atoms with Crippen molar-refractivity contribution in [2.45, 2.75) is 17.5 Å². The van der Waals surface area contributed by atoms with Crippen LogP contribution in [0, 0.1) is 0 Å². The van der Waals surface area contributed by atoms with Gasteiger partial charge in [-0.05, 0) is 54.1 Å². The second-order valence-electron chi connectivity index (χ2n) is 7.48. The zero-order valence-corrected chi connectivity index (χ0v) is 18.7.